The lowest BCUT2D eigenvalue weighted by Gasteiger charge is -2.04. The largest absolute Gasteiger partial charge is 0.450 e. The van der Waals surface area contributed by atoms with Crippen LogP contribution in [0.15, 0.2) is 12.2 Å². The normalized spacial score (nSPS) is 11.3. The van der Waals surface area contributed by atoms with Crippen LogP contribution in [0, 0.1) is 0 Å². The van der Waals surface area contributed by atoms with Gasteiger partial charge in [-0.25, -0.2) is 0 Å². The van der Waals surface area contributed by atoms with Crippen LogP contribution in [0.2, 0.25) is 0 Å². The molecule has 0 aromatic carbocycles. The summed E-state index contributed by atoms with van der Waals surface area (Å²) in [5.41, 5.74) is 0.312. The van der Waals surface area contributed by atoms with Gasteiger partial charge in [-0.2, -0.15) is 13.2 Å². The molecular weight excluding hydrogens is 157 g/mol. The van der Waals surface area contributed by atoms with Gasteiger partial charge in [-0.1, -0.05) is 19.1 Å². The first-order chi connectivity index (χ1) is 4.88. The van der Waals surface area contributed by atoms with Crippen molar-refractivity contribution in [2.75, 3.05) is 0 Å². The quantitative estimate of drug-likeness (QED) is 0.588. The zero-order chi connectivity index (χ0) is 9.07. The van der Waals surface area contributed by atoms with Gasteiger partial charge in [0, 0.05) is 6.42 Å². The number of halogens is 3. The Hall–Kier alpha value is -0.800. The topological polar surface area (TPSA) is 17.1 Å². The Morgan fingerprint density at radius 3 is 2.18 bits per heavy atom. The number of Topliss-reactive ketones (excluding diaryl/α,β-unsaturated/α-hetero) is 1. The van der Waals surface area contributed by atoms with Crippen molar-refractivity contribution in [1.82, 2.24) is 0 Å². The highest BCUT2D eigenvalue weighted by Crippen LogP contribution is 2.20. The summed E-state index contributed by atoms with van der Waals surface area (Å²) < 4.78 is 34.7. The second kappa shape index (κ2) is 3.55. The smallest absolute Gasteiger partial charge is 0.289 e. The maximum absolute atomic E-state index is 11.6. The molecule has 64 valence electrons. The van der Waals surface area contributed by atoms with Crippen molar-refractivity contribution in [3.05, 3.63) is 12.2 Å². The first-order valence-electron chi connectivity index (χ1n) is 3.14. The number of carbonyl (C=O) groups is 1. The average Bonchev–Trinajstić information content (AvgIpc) is 1.85. The highest BCUT2D eigenvalue weighted by Gasteiger charge is 2.37. The molecule has 0 rings (SSSR count). The molecule has 0 unspecified atom stereocenters. The van der Waals surface area contributed by atoms with E-state index in [-0.39, 0.29) is 0 Å². The second-order valence-corrected chi connectivity index (χ2v) is 2.20. The maximum atomic E-state index is 11.6. The van der Waals surface area contributed by atoms with E-state index in [2.05, 4.69) is 6.58 Å². The van der Waals surface area contributed by atoms with E-state index in [1.54, 1.807) is 6.92 Å². The summed E-state index contributed by atoms with van der Waals surface area (Å²) in [6, 6.07) is 0. The SMILES string of the molecule is C=C(CC)CC(=O)C(F)(F)F. The minimum absolute atomic E-state index is 0.312. The van der Waals surface area contributed by atoms with E-state index >= 15 is 0 Å². The number of hydrogen-bond donors (Lipinski definition) is 0. The van der Waals surface area contributed by atoms with E-state index in [0.717, 1.165) is 0 Å². The predicted molar refractivity (Wildman–Crippen MR) is 35.1 cm³/mol. The van der Waals surface area contributed by atoms with Crippen LogP contribution < -0.4 is 0 Å². The van der Waals surface area contributed by atoms with Gasteiger partial charge in [0.2, 0.25) is 5.78 Å². The van der Waals surface area contributed by atoms with Crippen molar-refractivity contribution >= 4 is 5.78 Å². The fraction of sp³-hybridized carbons (Fsp3) is 0.571. The first-order valence-corrected chi connectivity index (χ1v) is 3.14. The van der Waals surface area contributed by atoms with Crippen LogP contribution >= 0.6 is 0 Å². The highest BCUT2D eigenvalue weighted by molar-refractivity contribution is 5.85. The molecule has 0 bridgehead atoms. The predicted octanol–water partition coefficient (Wildman–Crippen LogP) is 2.47. The molecule has 0 saturated heterocycles. The van der Waals surface area contributed by atoms with Gasteiger partial charge < -0.3 is 0 Å². The van der Waals surface area contributed by atoms with Crippen LogP contribution in [-0.2, 0) is 4.79 Å². The van der Waals surface area contributed by atoms with Gasteiger partial charge in [-0.3, -0.25) is 4.79 Å². The van der Waals surface area contributed by atoms with Gasteiger partial charge in [0.25, 0.3) is 0 Å². The molecule has 11 heavy (non-hydrogen) atoms. The molecule has 0 aromatic heterocycles. The number of alkyl halides is 3. The van der Waals surface area contributed by atoms with E-state index in [0.29, 0.717) is 12.0 Å². The van der Waals surface area contributed by atoms with Crippen LogP contribution in [0.4, 0.5) is 13.2 Å². The lowest BCUT2D eigenvalue weighted by molar-refractivity contribution is -0.170. The third-order valence-electron chi connectivity index (χ3n) is 1.23. The fourth-order valence-electron chi connectivity index (χ4n) is 0.452. The lowest BCUT2D eigenvalue weighted by atomic mass is 10.1. The van der Waals surface area contributed by atoms with Crippen molar-refractivity contribution < 1.29 is 18.0 Å². The Labute approximate surface area is 62.9 Å². The summed E-state index contributed by atoms with van der Waals surface area (Å²) in [6.45, 7) is 4.96. The Kier molecular flexibility index (Phi) is 3.29. The molecule has 0 aromatic rings. The summed E-state index contributed by atoms with van der Waals surface area (Å²) >= 11 is 0. The second-order valence-electron chi connectivity index (χ2n) is 2.20. The minimum Gasteiger partial charge on any atom is -0.289 e. The molecule has 0 heterocycles. The molecule has 0 aliphatic carbocycles. The van der Waals surface area contributed by atoms with Crippen molar-refractivity contribution in [3.63, 3.8) is 0 Å². The van der Waals surface area contributed by atoms with Gasteiger partial charge in [0.05, 0.1) is 0 Å². The Morgan fingerprint density at radius 2 is 1.91 bits per heavy atom. The lowest BCUT2D eigenvalue weighted by Crippen LogP contribution is -2.22. The van der Waals surface area contributed by atoms with E-state index in [4.69, 9.17) is 0 Å². The summed E-state index contributed by atoms with van der Waals surface area (Å²) in [5, 5.41) is 0. The molecule has 0 radical (unpaired) electrons. The molecule has 4 heteroatoms. The van der Waals surface area contributed by atoms with Crippen LogP contribution in [0.5, 0.6) is 0 Å². The zero-order valence-electron chi connectivity index (χ0n) is 6.16. The van der Waals surface area contributed by atoms with E-state index in [1.807, 2.05) is 0 Å². The van der Waals surface area contributed by atoms with Crippen LogP contribution in [-0.4, -0.2) is 12.0 Å². The van der Waals surface area contributed by atoms with Crippen LogP contribution in [0.25, 0.3) is 0 Å². The van der Waals surface area contributed by atoms with Gasteiger partial charge in [-0.15, -0.1) is 0 Å². The third-order valence-corrected chi connectivity index (χ3v) is 1.23. The van der Waals surface area contributed by atoms with Crippen LogP contribution in [0.3, 0.4) is 0 Å². The molecule has 1 nitrogen and oxygen atoms in total. The van der Waals surface area contributed by atoms with E-state index in [1.165, 1.54) is 0 Å². The molecule has 0 amide bonds. The number of hydrogen-bond acceptors (Lipinski definition) is 1. The Bertz CT molecular complexity index is 169. The molecule has 0 saturated carbocycles. The van der Waals surface area contributed by atoms with Crippen molar-refractivity contribution in [2.24, 2.45) is 0 Å². The fourth-order valence-corrected chi connectivity index (χ4v) is 0.452. The molecule has 0 fully saturated rings. The standard InChI is InChI=1S/C7H9F3O/c1-3-5(2)4-6(11)7(8,9)10/h2-4H2,1H3. The van der Waals surface area contributed by atoms with Gasteiger partial charge in [-0.05, 0) is 6.42 Å². The molecule has 0 spiro atoms. The van der Waals surface area contributed by atoms with Crippen molar-refractivity contribution in [1.29, 1.82) is 0 Å². The number of carbonyl (C=O) groups excluding carboxylic acids is 1. The van der Waals surface area contributed by atoms with Crippen LogP contribution in [0.1, 0.15) is 19.8 Å². The number of allylic oxidation sites excluding steroid dienone is 1. The molecule has 0 N–H and O–H groups in total. The van der Waals surface area contributed by atoms with Gasteiger partial charge in [0.15, 0.2) is 0 Å². The number of ketones is 1. The monoisotopic (exact) mass is 166 g/mol. The molecule has 0 aliphatic heterocycles. The summed E-state index contributed by atoms with van der Waals surface area (Å²) in [4.78, 5) is 10.2. The zero-order valence-corrected chi connectivity index (χ0v) is 6.16. The summed E-state index contributed by atoms with van der Waals surface area (Å²) in [6.07, 6.45) is -4.89. The third kappa shape index (κ3) is 3.80. The van der Waals surface area contributed by atoms with Gasteiger partial charge >= 0.3 is 6.18 Å². The first kappa shape index (κ1) is 10.2. The van der Waals surface area contributed by atoms with E-state index in [9.17, 15) is 18.0 Å². The van der Waals surface area contributed by atoms with Crippen molar-refractivity contribution in [3.8, 4) is 0 Å². The van der Waals surface area contributed by atoms with Crippen molar-refractivity contribution in [2.45, 2.75) is 25.9 Å². The minimum atomic E-state index is -4.71. The summed E-state index contributed by atoms with van der Waals surface area (Å²) in [5.74, 6) is -1.72. The maximum Gasteiger partial charge on any atom is 0.450 e. The molecule has 0 atom stereocenters. The van der Waals surface area contributed by atoms with E-state index < -0.39 is 18.4 Å². The molecular formula is C7H9F3O. The Morgan fingerprint density at radius 1 is 1.45 bits per heavy atom. The Balaban J connectivity index is 3.99. The highest BCUT2D eigenvalue weighted by atomic mass is 19.4. The van der Waals surface area contributed by atoms with Gasteiger partial charge in [0.1, 0.15) is 0 Å². The number of rotatable bonds is 3. The average molecular weight is 166 g/mol. The molecule has 0 aliphatic rings. The summed E-state index contributed by atoms with van der Waals surface area (Å²) in [7, 11) is 0.